The number of sulfonamides is 1. The second-order valence-corrected chi connectivity index (χ2v) is 7.85. The van der Waals surface area contributed by atoms with Gasteiger partial charge in [-0.1, -0.05) is 18.2 Å². The van der Waals surface area contributed by atoms with Gasteiger partial charge in [0.2, 0.25) is 5.91 Å². The molecule has 1 N–H and O–H groups in total. The molecule has 1 aliphatic heterocycles. The molecule has 28 heavy (non-hydrogen) atoms. The zero-order valence-electron chi connectivity index (χ0n) is 14.7. The molecule has 1 aliphatic rings. The molecule has 4 rings (SSSR count). The SMILES string of the molecule is O=C(Cc1ccn[nH]1)N(c1ccccc1)S(=O)(=O)c1ccc2c(c1)OCCO2. The van der Waals surface area contributed by atoms with Crippen molar-refractivity contribution in [2.75, 3.05) is 17.5 Å². The highest BCUT2D eigenvalue weighted by molar-refractivity contribution is 7.93. The highest BCUT2D eigenvalue weighted by Gasteiger charge is 2.32. The summed E-state index contributed by atoms with van der Waals surface area (Å²) in [6.45, 7) is 0.732. The molecule has 0 atom stereocenters. The fraction of sp³-hybridized carbons (Fsp3) is 0.158. The van der Waals surface area contributed by atoms with E-state index in [9.17, 15) is 13.2 Å². The van der Waals surface area contributed by atoms with Crippen LogP contribution in [0.2, 0.25) is 0 Å². The van der Waals surface area contributed by atoms with Gasteiger partial charge in [-0.2, -0.15) is 5.10 Å². The molecular weight excluding hydrogens is 382 g/mol. The highest BCUT2D eigenvalue weighted by atomic mass is 32.2. The molecule has 2 heterocycles. The number of ether oxygens (including phenoxy) is 2. The maximum Gasteiger partial charge on any atom is 0.271 e. The Morgan fingerprint density at radius 2 is 1.79 bits per heavy atom. The van der Waals surface area contributed by atoms with Gasteiger partial charge in [0.15, 0.2) is 11.5 Å². The molecule has 9 heteroatoms. The largest absolute Gasteiger partial charge is 0.486 e. The average Bonchev–Trinajstić information content (AvgIpc) is 3.21. The number of nitrogens with zero attached hydrogens (tertiary/aromatic N) is 2. The summed E-state index contributed by atoms with van der Waals surface area (Å²) in [7, 11) is -4.18. The highest BCUT2D eigenvalue weighted by Crippen LogP contribution is 2.34. The number of rotatable bonds is 5. The minimum Gasteiger partial charge on any atom is -0.486 e. The van der Waals surface area contributed by atoms with Crippen molar-refractivity contribution < 1.29 is 22.7 Å². The summed E-state index contributed by atoms with van der Waals surface area (Å²) >= 11 is 0. The van der Waals surface area contributed by atoms with Crippen molar-refractivity contribution in [2.24, 2.45) is 0 Å². The minimum absolute atomic E-state index is 0.0569. The Morgan fingerprint density at radius 3 is 2.50 bits per heavy atom. The van der Waals surface area contributed by atoms with Crippen LogP contribution in [0, 0.1) is 0 Å². The smallest absolute Gasteiger partial charge is 0.271 e. The molecule has 1 amide bonds. The normalized spacial score (nSPS) is 13.1. The standard InChI is InChI=1S/C19H17N3O5S/c23-19(12-14-8-9-20-21-14)22(15-4-2-1-3-5-15)28(24,25)16-6-7-17-18(13-16)27-11-10-26-17/h1-9,13H,10-12H2,(H,20,21). The number of nitrogens with one attached hydrogen (secondary N) is 1. The summed E-state index contributed by atoms with van der Waals surface area (Å²) in [6.07, 6.45) is 1.36. The van der Waals surface area contributed by atoms with Crippen LogP contribution in [0.25, 0.3) is 0 Å². The molecule has 0 bridgehead atoms. The number of aromatic amines is 1. The molecule has 0 radical (unpaired) electrons. The van der Waals surface area contributed by atoms with Gasteiger partial charge in [0.25, 0.3) is 10.0 Å². The topological polar surface area (TPSA) is 102 Å². The molecule has 0 saturated carbocycles. The molecule has 8 nitrogen and oxygen atoms in total. The predicted molar refractivity (Wildman–Crippen MR) is 101 cm³/mol. The second-order valence-electron chi connectivity index (χ2n) is 6.06. The van der Waals surface area contributed by atoms with Crippen molar-refractivity contribution in [2.45, 2.75) is 11.3 Å². The van der Waals surface area contributed by atoms with E-state index < -0.39 is 15.9 Å². The number of anilines is 1. The number of fused-ring (bicyclic) bond motifs is 1. The van der Waals surface area contributed by atoms with Crippen LogP contribution < -0.4 is 13.8 Å². The van der Waals surface area contributed by atoms with Crippen molar-refractivity contribution in [3.8, 4) is 11.5 Å². The number of hydrogen-bond acceptors (Lipinski definition) is 6. The summed E-state index contributed by atoms with van der Waals surface area (Å²) in [5, 5.41) is 6.48. The van der Waals surface area contributed by atoms with E-state index in [0.717, 1.165) is 4.31 Å². The van der Waals surface area contributed by atoms with Gasteiger partial charge in [-0.05, 0) is 30.3 Å². The molecule has 0 fully saturated rings. The van der Waals surface area contributed by atoms with Gasteiger partial charge in [0, 0.05) is 18.0 Å². The molecular formula is C19H17N3O5S. The van der Waals surface area contributed by atoms with Gasteiger partial charge in [-0.3, -0.25) is 9.89 Å². The first-order valence-corrected chi connectivity index (χ1v) is 10.0. The lowest BCUT2D eigenvalue weighted by atomic mass is 10.2. The van der Waals surface area contributed by atoms with Crippen LogP contribution in [0.4, 0.5) is 5.69 Å². The molecule has 2 aromatic carbocycles. The van der Waals surface area contributed by atoms with Gasteiger partial charge < -0.3 is 9.47 Å². The summed E-state index contributed by atoms with van der Waals surface area (Å²) in [6, 6.07) is 14.2. The molecule has 0 saturated heterocycles. The van der Waals surface area contributed by atoms with Crippen LogP contribution >= 0.6 is 0 Å². The average molecular weight is 399 g/mol. The first kappa shape index (κ1) is 18.1. The third kappa shape index (κ3) is 3.44. The zero-order valence-corrected chi connectivity index (χ0v) is 15.6. The van der Waals surface area contributed by atoms with E-state index in [-0.39, 0.29) is 17.0 Å². The van der Waals surface area contributed by atoms with Crippen LogP contribution in [0.15, 0.2) is 65.7 Å². The van der Waals surface area contributed by atoms with Crippen molar-refractivity contribution in [3.05, 3.63) is 66.5 Å². The zero-order chi connectivity index (χ0) is 19.6. The molecule has 1 aromatic heterocycles. The molecule has 0 aliphatic carbocycles. The molecule has 144 valence electrons. The van der Waals surface area contributed by atoms with Crippen LogP contribution in [-0.4, -0.2) is 37.7 Å². The number of H-pyrrole nitrogens is 1. The van der Waals surface area contributed by atoms with E-state index in [4.69, 9.17) is 9.47 Å². The number of hydrogen-bond donors (Lipinski definition) is 1. The van der Waals surface area contributed by atoms with Crippen LogP contribution in [0.3, 0.4) is 0 Å². The molecule has 0 spiro atoms. The van der Waals surface area contributed by atoms with E-state index in [1.54, 1.807) is 36.4 Å². The Labute approximate surface area is 161 Å². The molecule has 3 aromatic rings. The third-order valence-electron chi connectivity index (χ3n) is 4.17. The Hall–Kier alpha value is -3.33. The van der Waals surface area contributed by atoms with E-state index in [2.05, 4.69) is 10.2 Å². The Morgan fingerprint density at radius 1 is 1.04 bits per heavy atom. The number of carbonyl (C=O) groups is 1. The molecule has 0 unspecified atom stereocenters. The van der Waals surface area contributed by atoms with E-state index in [1.807, 2.05) is 0 Å². The Balaban J connectivity index is 1.75. The number of benzene rings is 2. The summed E-state index contributed by atoms with van der Waals surface area (Å²) in [5.74, 6) is 0.201. The van der Waals surface area contributed by atoms with Crippen molar-refractivity contribution in [3.63, 3.8) is 0 Å². The van der Waals surface area contributed by atoms with E-state index in [0.29, 0.717) is 30.4 Å². The van der Waals surface area contributed by atoms with Gasteiger partial charge >= 0.3 is 0 Å². The maximum absolute atomic E-state index is 13.4. The maximum atomic E-state index is 13.4. The first-order valence-electron chi connectivity index (χ1n) is 8.57. The monoisotopic (exact) mass is 399 g/mol. The van der Waals surface area contributed by atoms with Crippen molar-refractivity contribution >= 4 is 21.6 Å². The van der Waals surface area contributed by atoms with Gasteiger partial charge in [0.1, 0.15) is 13.2 Å². The summed E-state index contributed by atoms with van der Waals surface area (Å²) in [4.78, 5) is 12.9. The van der Waals surface area contributed by atoms with Gasteiger partial charge in [-0.15, -0.1) is 0 Å². The fourth-order valence-corrected chi connectivity index (χ4v) is 4.33. The predicted octanol–water partition coefficient (Wildman–Crippen LogP) is 2.15. The first-order chi connectivity index (χ1) is 13.6. The lowest BCUT2D eigenvalue weighted by Crippen LogP contribution is -2.38. The lowest BCUT2D eigenvalue weighted by molar-refractivity contribution is -0.116. The van der Waals surface area contributed by atoms with Gasteiger partial charge in [-0.25, -0.2) is 12.7 Å². The summed E-state index contributed by atoms with van der Waals surface area (Å²) < 4.78 is 38.5. The fourth-order valence-electron chi connectivity index (χ4n) is 2.89. The van der Waals surface area contributed by atoms with Crippen molar-refractivity contribution in [1.82, 2.24) is 10.2 Å². The van der Waals surface area contributed by atoms with Crippen LogP contribution in [0.1, 0.15) is 5.69 Å². The third-order valence-corrected chi connectivity index (χ3v) is 5.91. The number of aromatic nitrogens is 2. The quantitative estimate of drug-likeness (QED) is 0.705. The number of amides is 1. The summed E-state index contributed by atoms with van der Waals surface area (Å²) in [5.41, 5.74) is 0.769. The van der Waals surface area contributed by atoms with Crippen LogP contribution in [0.5, 0.6) is 11.5 Å². The van der Waals surface area contributed by atoms with Crippen molar-refractivity contribution in [1.29, 1.82) is 0 Å². The second kappa shape index (κ2) is 7.35. The van der Waals surface area contributed by atoms with E-state index >= 15 is 0 Å². The minimum atomic E-state index is -4.18. The van der Waals surface area contributed by atoms with E-state index in [1.165, 1.54) is 24.4 Å². The Bertz CT molecular complexity index is 1080. The van der Waals surface area contributed by atoms with Gasteiger partial charge in [0.05, 0.1) is 17.0 Å². The van der Waals surface area contributed by atoms with Crippen LogP contribution in [-0.2, 0) is 21.2 Å². The number of carbonyl (C=O) groups excluding carboxylic acids is 1. The number of para-hydroxylation sites is 1. The Kier molecular flexibility index (Phi) is 4.74. The lowest BCUT2D eigenvalue weighted by Gasteiger charge is -2.24.